The molecule has 1 saturated heterocycles. The third-order valence-electron chi connectivity index (χ3n) is 5.21. The van der Waals surface area contributed by atoms with Crippen molar-refractivity contribution in [3.8, 4) is 5.75 Å². The molecule has 7 nitrogen and oxygen atoms in total. The van der Waals surface area contributed by atoms with Gasteiger partial charge in [0.25, 0.3) is 5.91 Å². The van der Waals surface area contributed by atoms with Crippen molar-refractivity contribution < 1.29 is 18.7 Å². The molecule has 2 aliphatic rings. The van der Waals surface area contributed by atoms with Gasteiger partial charge in [0, 0.05) is 23.6 Å². The number of benzene rings is 1. The van der Waals surface area contributed by atoms with Crippen LogP contribution in [0.1, 0.15) is 30.4 Å². The lowest BCUT2D eigenvalue weighted by atomic mass is 10.1. The maximum absolute atomic E-state index is 12.3. The average molecular weight is 356 g/mol. The van der Waals surface area contributed by atoms with Gasteiger partial charge in [-0.15, -0.1) is 0 Å². The molecule has 7 heteroatoms. The summed E-state index contributed by atoms with van der Waals surface area (Å²) in [7, 11) is 0. The van der Waals surface area contributed by atoms with Crippen LogP contribution in [-0.2, 0) is 22.4 Å². The number of carbonyl (C=O) groups excluding carboxylic acids is 2. The third kappa shape index (κ3) is 2.83. The van der Waals surface area contributed by atoms with E-state index in [0.29, 0.717) is 24.3 Å². The van der Waals surface area contributed by atoms with Crippen molar-refractivity contribution in [1.82, 2.24) is 4.90 Å². The molecule has 2 aromatic rings. The molecule has 1 fully saturated rings. The van der Waals surface area contributed by atoms with Gasteiger partial charge < -0.3 is 19.8 Å². The van der Waals surface area contributed by atoms with E-state index in [1.165, 1.54) is 4.90 Å². The molecule has 1 aliphatic heterocycles. The molecular formula is C19H20N2O5. The van der Waals surface area contributed by atoms with Crippen molar-refractivity contribution in [3.05, 3.63) is 39.7 Å². The molecule has 0 bridgehead atoms. The van der Waals surface area contributed by atoms with Crippen LogP contribution < -0.4 is 16.1 Å². The molecule has 1 atom stereocenters. The molecule has 136 valence electrons. The maximum atomic E-state index is 12.3. The molecule has 1 aromatic carbocycles. The van der Waals surface area contributed by atoms with Crippen molar-refractivity contribution in [2.45, 2.75) is 38.1 Å². The number of nitrogens with two attached hydrogens (primary N) is 1. The first-order valence-corrected chi connectivity index (χ1v) is 8.85. The van der Waals surface area contributed by atoms with Crippen LogP contribution in [0.5, 0.6) is 5.75 Å². The topological polar surface area (TPSA) is 103 Å². The number of fused-ring (bicyclic) bond motifs is 3. The molecule has 2 amide bonds. The van der Waals surface area contributed by atoms with Crippen molar-refractivity contribution in [3.63, 3.8) is 0 Å². The van der Waals surface area contributed by atoms with Gasteiger partial charge >= 0.3 is 5.63 Å². The molecule has 1 aliphatic carbocycles. The molecule has 1 aromatic heterocycles. The summed E-state index contributed by atoms with van der Waals surface area (Å²) < 4.78 is 11.0. The van der Waals surface area contributed by atoms with Gasteiger partial charge in [0.2, 0.25) is 5.91 Å². The lowest BCUT2D eigenvalue weighted by Gasteiger charge is -2.22. The molecule has 26 heavy (non-hydrogen) atoms. The summed E-state index contributed by atoms with van der Waals surface area (Å²) in [5.41, 5.74) is 7.34. The van der Waals surface area contributed by atoms with E-state index >= 15 is 0 Å². The highest BCUT2D eigenvalue weighted by Crippen LogP contribution is 2.29. The number of ether oxygens (including phenoxy) is 1. The molecule has 0 saturated carbocycles. The Bertz CT molecular complexity index is 949. The van der Waals surface area contributed by atoms with E-state index in [0.717, 1.165) is 42.2 Å². The van der Waals surface area contributed by atoms with E-state index in [-0.39, 0.29) is 18.1 Å². The second kappa shape index (κ2) is 6.48. The fourth-order valence-corrected chi connectivity index (χ4v) is 3.94. The fraction of sp³-hybridized carbons (Fsp3) is 0.421. The average Bonchev–Trinajstić information content (AvgIpc) is 3.29. The highest BCUT2D eigenvalue weighted by Gasteiger charge is 2.32. The molecule has 2 N–H and O–H groups in total. The van der Waals surface area contributed by atoms with Crippen LogP contribution in [0.3, 0.4) is 0 Å². The zero-order valence-electron chi connectivity index (χ0n) is 14.3. The minimum absolute atomic E-state index is 0.190. The van der Waals surface area contributed by atoms with E-state index in [2.05, 4.69) is 0 Å². The smallest absolute Gasteiger partial charge is 0.339 e. The van der Waals surface area contributed by atoms with E-state index in [4.69, 9.17) is 14.9 Å². The molecule has 2 heterocycles. The van der Waals surface area contributed by atoms with Crippen LogP contribution in [0, 0.1) is 0 Å². The first-order valence-electron chi connectivity index (χ1n) is 8.85. The minimum atomic E-state index is -0.552. The van der Waals surface area contributed by atoms with Gasteiger partial charge in [0.05, 0.1) is 0 Å². The van der Waals surface area contributed by atoms with Crippen molar-refractivity contribution >= 4 is 22.8 Å². The van der Waals surface area contributed by atoms with Crippen LogP contribution in [0.4, 0.5) is 0 Å². The number of amides is 2. The van der Waals surface area contributed by atoms with Gasteiger partial charge in [0.15, 0.2) is 6.61 Å². The molecule has 4 rings (SSSR count). The van der Waals surface area contributed by atoms with E-state index in [9.17, 15) is 14.4 Å². The number of carbonyl (C=O) groups is 2. The minimum Gasteiger partial charge on any atom is -0.484 e. The molecule has 0 radical (unpaired) electrons. The number of primary amides is 1. The largest absolute Gasteiger partial charge is 0.484 e. The predicted molar refractivity (Wildman–Crippen MR) is 93.9 cm³/mol. The summed E-state index contributed by atoms with van der Waals surface area (Å²) in [5.74, 6) is -0.319. The van der Waals surface area contributed by atoms with Gasteiger partial charge in [-0.25, -0.2) is 4.79 Å². The summed E-state index contributed by atoms with van der Waals surface area (Å²) in [6.45, 7) is 0.318. The van der Waals surface area contributed by atoms with Crippen LogP contribution in [-0.4, -0.2) is 35.9 Å². The van der Waals surface area contributed by atoms with Crippen molar-refractivity contribution in [2.75, 3.05) is 13.2 Å². The predicted octanol–water partition coefficient (Wildman–Crippen LogP) is 1.14. The number of aryl methyl sites for hydroxylation is 1. The standard InChI is InChI=1S/C19H20N2O5/c20-18(23)15-5-2-8-21(15)17(22)10-25-11-6-7-13-12-3-1-4-14(12)19(24)26-16(13)9-11/h6-7,9,15H,1-5,8,10H2,(H2,20,23)/t15-/m1/s1. The SMILES string of the molecule is NC(=O)[C@H]1CCCN1C(=O)COc1ccc2c3c(c(=O)oc2c1)CCC3. The highest BCUT2D eigenvalue weighted by molar-refractivity contribution is 5.88. The summed E-state index contributed by atoms with van der Waals surface area (Å²) in [6.07, 6.45) is 3.94. The van der Waals surface area contributed by atoms with Gasteiger partial charge in [-0.1, -0.05) is 0 Å². The Labute approximate surface area is 149 Å². The van der Waals surface area contributed by atoms with Crippen LogP contribution in [0.2, 0.25) is 0 Å². The van der Waals surface area contributed by atoms with Crippen LogP contribution >= 0.6 is 0 Å². The van der Waals surface area contributed by atoms with Crippen LogP contribution in [0.15, 0.2) is 27.4 Å². The van der Waals surface area contributed by atoms with E-state index in [1.807, 2.05) is 6.07 Å². The second-order valence-electron chi connectivity index (χ2n) is 6.79. The summed E-state index contributed by atoms with van der Waals surface area (Å²) >= 11 is 0. The first kappa shape index (κ1) is 16.6. The van der Waals surface area contributed by atoms with Crippen LogP contribution in [0.25, 0.3) is 11.0 Å². The van der Waals surface area contributed by atoms with E-state index < -0.39 is 11.9 Å². The molecule has 0 unspecified atom stereocenters. The van der Waals surface area contributed by atoms with E-state index in [1.54, 1.807) is 12.1 Å². The Hall–Kier alpha value is -2.83. The Balaban J connectivity index is 1.51. The quantitative estimate of drug-likeness (QED) is 0.828. The second-order valence-corrected chi connectivity index (χ2v) is 6.79. The Morgan fingerprint density at radius 3 is 2.85 bits per heavy atom. The van der Waals surface area contributed by atoms with Gasteiger partial charge in [0.1, 0.15) is 17.4 Å². The van der Waals surface area contributed by atoms with Crippen molar-refractivity contribution in [2.24, 2.45) is 5.73 Å². The summed E-state index contributed by atoms with van der Waals surface area (Å²) in [6, 6.07) is 4.72. The molecule has 0 spiro atoms. The van der Waals surface area contributed by atoms with Crippen molar-refractivity contribution in [1.29, 1.82) is 0 Å². The Morgan fingerprint density at radius 1 is 1.23 bits per heavy atom. The number of nitrogens with zero attached hydrogens (tertiary/aromatic N) is 1. The third-order valence-corrected chi connectivity index (χ3v) is 5.21. The number of hydrogen-bond acceptors (Lipinski definition) is 5. The van der Waals surface area contributed by atoms with Gasteiger partial charge in [-0.05, 0) is 49.8 Å². The summed E-state index contributed by atoms with van der Waals surface area (Å²) in [5, 5.41) is 0.920. The number of rotatable bonds is 4. The van der Waals surface area contributed by atoms with Gasteiger partial charge in [-0.2, -0.15) is 0 Å². The Kier molecular flexibility index (Phi) is 4.14. The number of likely N-dealkylation sites (tertiary alicyclic amines) is 1. The van der Waals surface area contributed by atoms with Gasteiger partial charge in [-0.3, -0.25) is 9.59 Å². The lowest BCUT2D eigenvalue weighted by molar-refractivity contribution is -0.138. The lowest BCUT2D eigenvalue weighted by Crippen LogP contribution is -2.45. The Morgan fingerprint density at radius 2 is 2.04 bits per heavy atom. The highest BCUT2D eigenvalue weighted by atomic mass is 16.5. The zero-order valence-corrected chi connectivity index (χ0v) is 14.3. The number of hydrogen-bond donors (Lipinski definition) is 1. The summed E-state index contributed by atoms with van der Waals surface area (Å²) in [4.78, 5) is 37.3. The first-order chi connectivity index (χ1) is 12.5. The fourth-order valence-electron chi connectivity index (χ4n) is 3.94. The monoisotopic (exact) mass is 356 g/mol. The maximum Gasteiger partial charge on any atom is 0.339 e. The molecular weight excluding hydrogens is 336 g/mol. The zero-order chi connectivity index (χ0) is 18.3. The normalized spacial score (nSPS) is 18.9.